The summed E-state index contributed by atoms with van der Waals surface area (Å²) in [5.74, 6) is -0.321. The second-order valence-electron chi connectivity index (χ2n) is 6.81. The number of hydrogen-bond acceptors (Lipinski definition) is 2. The molecule has 0 atom stereocenters. The normalized spacial score (nSPS) is 19.8. The van der Waals surface area contributed by atoms with Gasteiger partial charge in [0.1, 0.15) is 0 Å². The highest BCUT2D eigenvalue weighted by Crippen LogP contribution is 2.45. The number of hydrogen-bond donors (Lipinski definition) is 2. The van der Waals surface area contributed by atoms with E-state index in [9.17, 15) is 14.0 Å². The van der Waals surface area contributed by atoms with Gasteiger partial charge in [-0.15, -0.1) is 0 Å². The number of nitrogens with one attached hydrogen (secondary N) is 1. The summed E-state index contributed by atoms with van der Waals surface area (Å²) in [6, 6.07) is 4.07. The van der Waals surface area contributed by atoms with Crippen molar-refractivity contribution in [3.63, 3.8) is 0 Å². The molecule has 7 heteroatoms. The topological polar surface area (TPSA) is 75.4 Å². The summed E-state index contributed by atoms with van der Waals surface area (Å²) in [4.78, 5) is 25.9. The number of piperidine rings is 1. The molecule has 3 rings (SSSR count). The lowest BCUT2D eigenvalue weighted by molar-refractivity contribution is -0.130. The molecule has 1 heterocycles. The molecule has 0 spiro atoms. The van der Waals surface area contributed by atoms with E-state index in [4.69, 9.17) is 17.3 Å². The third-order valence-electron chi connectivity index (χ3n) is 5.10. The van der Waals surface area contributed by atoms with Gasteiger partial charge in [0.2, 0.25) is 5.91 Å². The molecule has 2 aliphatic rings. The number of benzene rings is 1. The van der Waals surface area contributed by atoms with Crippen LogP contribution in [0.2, 0.25) is 5.02 Å². The molecule has 130 valence electrons. The number of anilines is 1. The Morgan fingerprint density at radius 3 is 2.58 bits per heavy atom. The van der Waals surface area contributed by atoms with Gasteiger partial charge in [-0.3, -0.25) is 4.79 Å². The number of halogens is 2. The fraction of sp³-hybridized carbons (Fsp3) is 0.529. The fourth-order valence-corrected chi connectivity index (χ4v) is 3.53. The van der Waals surface area contributed by atoms with Gasteiger partial charge in [-0.1, -0.05) is 30.5 Å². The first-order chi connectivity index (χ1) is 11.4. The van der Waals surface area contributed by atoms with E-state index < -0.39 is 11.2 Å². The second-order valence-corrected chi connectivity index (χ2v) is 7.22. The van der Waals surface area contributed by atoms with Gasteiger partial charge in [0.15, 0.2) is 5.82 Å². The van der Waals surface area contributed by atoms with E-state index in [1.165, 1.54) is 12.1 Å². The van der Waals surface area contributed by atoms with Gasteiger partial charge in [0.05, 0.1) is 16.1 Å². The van der Waals surface area contributed by atoms with Gasteiger partial charge < -0.3 is 16.0 Å². The summed E-state index contributed by atoms with van der Waals surface area (Å²) in [5.41, 5.74) is 5.19. The molecule has 1 aliphatic carbocycles. The van der Waals surface area contributed by atoms with Gasteiger partial charge in [0, 0.05) is 13.1 Å². The van der Waals surface area contributed by atoms with Crippen LogP contribution in [0.15, 0.2) is 18.2 Å². The summed E-state index contributed by atoms with van der Waals surface area (Å²) in [5, 5.41) is 2.50. The molecule has 3 amide bonds. The molecule has 1 saturated heterocycles. The lowest BCUT2D eigenvalue weighted by Crippen LogP contribution is -2.50. The van der Waals surface area contributed by atoms with Crippen molar-refractivity contribution in [3.05, 3.63) is 29.0 Å². The molecule has 0 radical (unpaired) electrons. The Bertz CT molecular complexity index is 655. The average molecular weight is 354 g/mol. The molecular weight excluding hydrogens is 333 g/mol. The minimum absolute atomic E-state index is 0.0383. The van der Waals surface area contributed by atoms with Crippen molar-refractivity contribution in [1.82, 2.24) is 4.90 Å². The zero-order chi connectivity index (χ0) is 17.3. The summed E-state index contributed by atoms with van der Waals surface area (Å²) in [6.07, 6.45) is 4.26. The van der Waals surface area contributed by atoms with Crippen molar-refractivity contribution < 1.29 is 14.0 Å². The van der Waals surface area contributed by atoms with Crippen molar-refractivity contribution in [2.45, 2.75) is 32.1 Å². The first kappa shape index (κ1) is 17.0. The lowest BCUT2D eigenvalue weighted by atomic mass is 9.73. The number of likely N-dealkylation sites (tertiary alicyclic amines) is 1. The molecule has 2 fully saturated rings. The van der Waals surface area contributed by atoms with Crippen LogP contribution in [-0.4, -0.2) is 29.9 Å². The standard InChI is InChI=1S/C17H21ClFN3O2/c18-12-2-1-3-13(14(12)19)21-16(24)22-8-6-17(7-9-22,15(20)23)10-11-4-5-11/h1-3,11H,4-10H2,(H2,20,23)(H,21,24). The number of rotatable bonds is 4. The van der Waals surface area contributed by atoms with Crippen LogP contribution in [0.1, 0.15) is 32.1 Å². The SMILES string of the molecule is NC(=O)C1(CC2CC2)CCN(C(=O)Nc2cccc(Cl)c2F)CC1. The number of carbonyl (C=O) groups excluding carboxylic acids is 2. The molecule has 1 aromatic rings. The van der Waals surface area contributed by atoms with Crippen molar-refractivity contribution >= 4 is 29.2 Å². The Balaban J connectivity index is 1.62. The highest BCUT2D eigenvalue weighted by Gasteiger charge is 2.44. The summed E-state index contributed by atoms with van der Waals surface area (Å²) in [7, 11) is 0. The predicted molar refractivity (Wildman–Crippen MR) is 90.2 cm³/mol. The lowest BCUT2D eigenvalue weighted by Gasteiger charge is -2.39. The van der Waals surface area contributed by atoms with Crippen LogP contribution in [0, 0.1) is 17.2 Å². The van der Waals surface area contributed by atoms with Crippen molar-refractivity contribution in [2.24, 2.45) is 17.1 Å². The molecule has 5 nitrogen and oxygen atoms in total. The van der Waals surface area contributed by atoms with Gasteiger partial charge in [0.25, 0.3) is 0 Å². The van der Waals surface area contributed by atoms with Crippen LogP contribution >= 0.6 is 11.6 Å². The second kappa shape index (κ2) is 6.59. The van der Waals surface area contributed by atoms with E-state index in [2.05, 4.69) is 5.32 Å². The van der Waals surface area contributed by atoms with Crippen molar-refractivity contribution in [2.75, 3.05) is 18.4 Å². The Labute approximate surface area is 145 Å². The average Bonchev–Trinajstić information content (AvgIpc) is 3.36. The monoisotopic (exact) mass is 353 g/mol. The molecule has 0 aromatic heterocycles. The zero-order valence-electron chi connectivity index (χ0n) is 13.4. The smallest absolute Gasteiger partial charge is 0.321 e. The summed E-state index contributed by atoms with van der Waals surface area (Å²) in [6.45, 7) is 0.868. The maximum Gasteiger partial charge on any atom is 0.321 e. The van der Waals surface area contributed by atoms with Crippen LogP contribution in [-0.2, 0) is 4.79 Å². The number of nitrogens with two attached hydrogens (primary N) is 1. The number of urea groups is 1. The van der Waals surface area contributed by atoms with Crippen LogP contribution in [0.5, 0.6) is 0 Å². The molecular formula is C17H21ClFN3O2. The summed E-state index contributed by atoms with van der Waals surface area (Å²) < 4.78 is 13.9. The first-order valence-electron chi connectivity index (χ1n) is 8.21. The van der Waals surface area contributed by atoms with Crippen LogP contribution in [0.4, 0.5) is 14.9 Å². The van der Waals surface area contributed by atoms with Gasteiger partial charge >= 0.3 is 6.03 Å². The van der Waals surface area contributed by atoms with Crippen LogP contribution in [0.3, 0.4) is 0 Å². The Hall–Kier alpha value is -1.82. The van der Waals surface area contributed by atoms with Crippen LogP contribution in [0.25, 0.3) is 0 Å². The highest BCUT2D eigenvalue weighted by atomic mass is 35.5. The van der Waals surface area contributed by atoms with E-state index in [1.54, 1.807) is 11.0 Å². The third-order valence-corrected chi connectivity index (χ3v) is 5.39. The minimum atomic E-state index is -0.648. The van der Waals surface area contributed by atoms with E-state index in [-0.39, 0.29) is 22.6 Å². The van der Waals surface area contributed by atoms with Gasteiger partial charge in [-0.25, -0.2) is 9.18 Å². The van der Waals surface area contributed by atoms with Crippen molar-refractivity contribution in [3.8, 4) is 0 Å². The molecule has 0 bridgehead atoms. The maximum absolute atomic E-state index is 13.9. The van der Waals surface area contributed by atoms with E-state index in [0.29, 0.717) is 31.8 Å². The zero-order valence-corrected chi connectivity index (χ0v) is 14.1. The first-order valence-corrected chi connectivity index (χ1v) is 8.59. The van der Waals surface area contributed by atoms with E-state index >= 15 is 0 Å². The van der Waals surface area contributed by atoms with Gasteiger partial charge in [-0.2, -0.15) is 0 Å². The number of carbonyl (C=O) groups is 2. The summed E-state index contributed by atoms with van der Waals surface area (Å²) >= 11 is 5.72. The predicted octanol–water partition coefficient (Wildman–Crippen LogP) is 3.38. The minimum Gasteiger partial charge on any atom is -0.369 e. The van der Waals surface area contributed by atoms with Gasteiger partial charge in [-0.05, 0) is 37.3 Å². The number of amides is 3. The van der Waals surface area contributed by atoms with E-state index in [1.807, 2.05) is 0 Å². The molecule has 1 aromatic carbocycles. The molecule has 0 unspecified atom stereocenters. The molecule has 1 saturated carbocycles. The third kappa shape index (κ3) is 3.48. The largest absolute Gasteiger partial charge is 0.369 e. The van der Waals surface area contributed by atoms with Crippen molar-refractivity contribution in [1.29, 1.82) is 0 Å². The Kier molecular flexibility index (Phi) is 4.67. The maximum atomic E-state index is 13.9. The van der Waals surface area contributed by atoms with Crippen LogP contribution < -0.4 is 11.1 Å². The quantitative estimate of drug-likeness (QED) is 0.870. The van der Waals surface area contributed by atoms with E-state index in [0.717, 1.165) is 19.3 Å². The Morgan fingerprint density at radius 1 is 1.33 bits per heavy atom. The highest BCUT2D eigenvalue weighted by molar-refractivity contribution is 6.31. The number of nitrogens with zero attached hydrogens (tertiary/aromatic N) is 1. The number of primary amides is 1. The molecule has 3 N–H and O–H groups in total. The molecule has 24 heavy (non-hydrogen) atoms. The fourth-order valence-electron chi connectivity index (χ4n) is 3.36. The Morgan fingerprint density at radius 2 is 2.00 bits per heavy atom. The molecule has 1 aliphatic heterocycles.